The molecule has 4 N–H and O–H groups in total. The van der Waals surface area contributed by atoms with Gasteiger partial charge in [-0.25, -0.2) is 0 Å². The first kappa shape index (κ1) is 23.6. The monoisotopic (exact) mass is 432 g/mol. The Balaban J connectivity index is 1.39. The number of aliphatic imine (C=N–C) groups is 1. The summed E-state index contributed by atoms with van der Waals surface area (Å²) in [6.07, 6.45) is 8.28. The van der Waals surface area contributed by atoms with Crippen molar-refractivity contribution in [2.75, 3.05) is 52.4 Å². The lowest BCUT2D eigenvalue weighted by Gasteiger charge is -2.30. The number of hydrogen-bond donors (Lipinski definition) is 3. The molecule has 1 atom stereocenters. The molecule has 1 aromatic rings. The molecule has 2 fully saturated rings. The quantitative estimate of drug-likeness (QED) is 0.281. The smallest absolute Gasteiger partial charge is 0.220 e. The van der Waals surface area contributed by atoms with E-state index in [-0.39, 0.29) is 17.9 Å². The van der Waals surface area contributed by atoms with Gasteiger partial charge in [0.25, 0.3) is 0 Å². The molecule has 174 valence electrons. The third-order valence-electron chi connectivity index (χ3n) is 6.40. The number of hydrogen-bond acceptors (Lipinski definition) is 5. The van der Waals surface area contributed by atoms with E-state index in [1.807, 2.05) is 6.07 Å². The second-order valence-electron chi connectivity index (χ2n) is 8.65. The van der Waals surface area contributed by atoms with E-state index in [0.717, 1.165) is 83.2 Å². The van der Waals surface area contributed by atoms with Crippen molar-refractivity contribution in [3.8, 4) is 0 Å². The van der Waals surface area contributed by atoms with Crippen LogP contribution in [0.25, 0.3) is 0 Å². The zero-order valence-electron chi connectivity index (χ0n) is 19.0. The molecular weight excluding hydrogens is 392 g/mol. The first-order valence-electron chi connectivity index (χ1n) is 12.0. The van der Waals surface area contributed by atoms with Gasteiger partial charge in [-0.1, -0.05) is 0 Å². The Bertz CT molecular complexity index is 664. The summed E-state index contributed by atoms with van der Waals surface area (Å²) < 4.78 is 5.71. The molecule has 1 amide bonds. The molecule has 2 saturated heterocycles. The fourth-order valence-corrected chi connectivity index (χ4v) is 4.55. The number of unbranched alkanes of at least 4 members (excludes halogenated alkanes) is 1. The number of rotatable bonds is 11. The highest BCUT2D eigenvalue weighted by Crippen LogP contribution is 2.25. The molecular formula is C23H40N6O2. The standard InChI is InChI=1S/C23H40N6O2/c1-2-25-23(26-11-3-4-12-28-15-9-19(10-16-28)22(24)30)27-18-20(21-8-7-17-31-21)29-13-5-6-14-29/h7-8,17,19-20H,2-6,9-16,18H2,1H3,(H2,24,30)(H2,25,26,27). The number of nitrogens with one attached hydrogen (secondary N) is 2. The van der Waals surface area contributed by atoms with Gasteiger partial charge in [0.2, 0.25) is 5.91 Å². The number of carbonyl (C=O) groups excluding carboxylic acids is 1. The molecule has 0 aliphatic carbocycles. The Kier molecular flexibility index (Phi) is 9.68. The maximum Gasteiger partial charge on any atom is 0.220 e. The van der Waals surface area contributed by atoms with Crippen LogP contribution in [-0.4, -0.2) is 74.0 Å². The topological polar surface area (TPSA) is 99.1 Å². The molecule has 8 nitrogen and oxygen atoms in total. The van der Waals surface area contributed by atoms with Gasteiger partial charge in [0.15, 0.2) is 5.96 Å². The van der Waals surface area contributed by atoms with Gasteiger partial charge in [-0.2, -0.15) is 0 Å². The van der Waals surface area contributed by atoms with Gasteiger partial charge in [-0.3, -0.25) is 14.7 Å². The Morgan fingerprint density at radius 2 is 2.00 bits per heavy atom. The summed E-state index contributed by atoms with van der Waals surface area (Å²) in [7, 11) is 0. The highest BCUT2D eigenvalue weighted by atomic mass is 16.3. The average Bonchev–Trinajstić information content (AvgIpc) is 3.49. The predicted octanol–water partition coefficient (Wildman–Crippen LogP) is 1.95. The van der Waals surface area contributed by atoms with Gasteiger partial charge in [0.05, 0.1) is 18.8 Å². The maximum absolute atomic E-state index is 11.3. The number of primary amides is 1. The lowest BCUT2D eigenvalue weighted by atomic mass is 9.96. The van der Waals surface area contributed by atoms with Gasteiger partial charge >= 0.3 is 0 Å². The van der Waals surface area contributed by atoms with Crippen molar-refractivity contribution in [2.24, 2.45) is 16.6 Å². The van der Waals surface area contributed by atoms with E-state index in [1.54, 1.807) is 6.26 Å². The van der Waals surface area contributed by atoms with Gasteiger partial charge in [-0.05, 0) is 90.3 Å². The number of nitrogens with two attached hydrogens (primary N) is 1. The zero-order valence-corrected chi connectivity index (χ0v) is 19.0. The van der Waals surface area contributed by atoms with Crippen LogP contribution >= 0.6 is 0 Å². The summed E-state index contributed by atoms with van der Waals surface area (Å²) in [5.41, 5.74) is 5.42. The lowest BCUT2D eigenvalue weighted by molar-refractivity contribution is -0.123. The molecule has 3 heterocycles. The predicted molar refractivity (Wildman–Crippen MR) is 124 cm³/mol. The summed E-state index contributed by atoms with van der Waals surface area (Å²) >= 11 is 0. The van der Waals surface area contributed by atoms with Crippen LogP contribution in [0.3, 0.4) is 0 Å². The first-order valence-corrected chi connectivity index (χ1v) is 12.0. The molecule has 31 heavy (non-hydrogen) atoms. The van der Waals surface area contributed by atoms with E-state index in [4.69, 9.17) is 15.1 Å². The third-order valence-corrected chi connectivity index (χ3v) is 6.40. The Labute approximate surface area is 186 Å². The van der Waals surface area contributed by atoms with Crippen LogP contribution in [0, 0.1) is 5.92 Å². The van der Waals surface area contributed by atoms with E-state index in [9.17, 15) is 4.79 Å². The van der Waals surface area contributed by atoms with Crippen LogP contribution in [-0.2, 0) is 4.79 Å². The lowest BCUT2D eigenvalue weighted by Crippen LogP contribution is -2.40. The van der Waals surface area contributed by atoms with E-state index < -0.39 is 0 Å². The number of likely N-dealkylation sites (tertiary alicyclic amines) is 2. The Morgan fingerprint density at radius 1 is 1.23 bits per heavy atom. The minimum absolute atomic E-state index is 0.0716. The first-order chi connectivity index (χ1) is 15.2. The third kappa shape index (κ3) is 7.54. The summed E-state index contributed by atoms with van der Waals surface area (Å²) in [4.78, 5) is 21.1. The van der Waals surface area contributed by atoms with E-state index in [2.05, 4.69) is 33.4 Å². The van der Waals surface area contributed by atoms with Crippen molar-refractivity contribution in [3.63, 3.8) is 0 Å². The number of guanidine groups is 1. The van der Waals surface area contributed by atoms with Gasteiger partial charge in [-0.15, -0.1) is 0 Å². The van der Waals surface area contributed by atoms with Gasteiger partial charge in [0.1, 0.15) is 5.76 Å². The average molecular weight is 433 g/mol. The highest BCUT2D eigenvalue weighted by molar-refractivity contribution is 5.79. The van der Waals surface area contributed by atoms with Crippen LogP contribution in [0.5, 0.6) is 0 Å². The van der Waals surface area contributed by atoms with Crippen LogP contribution in [0.1, 0.15) is 57.3 Å². The normalized spacial score (nSPS) is 20.1. The minimum Gasteiger partial charge on any atom is -0.468 e. The molecule has 2 aliphatic rings. The fraction of sp³-hybridized carbons (Fsp3) is 0.739. The molecule has 8 heteroatoms. The van der Waals surface area contributed by atoms with Crippen molar-refractivity contribution in [1.29, 1.82) is 0 Å². The van der Waals surface area contributed by atoms with Crippen LogP contribution < -0.4 is 16.4 Å². The molecule has 2 aliphatic heterocycles. The van der Waals surface area contributed by atoms with Crippen LogP contribution in [0.15, 0.2) is 27.8 Å². The van der Waals surface area contributed by atoms with E-state index >= 15 is 0 Å². The summed E-state index contributed by atoms with van der Waals surface area (Å²) in [5, 5.41) is 6.85. The van der Waals surface area contributed by atoms with Gasteiger partial charge < -0.3 is 25.7 Å². The number of amides is 1. The zero-order chi connectivity index (χ0) is 21.9. The number of nitrogens with zero attached hydrogens (tertiary/aromatic N) is 3. The number of carbonyl (C=O) groups is 1. The van der Waals surface area contributed by atoms with Crippen molar-refractivity contribution < 1.29 is 9.21 Å². The van der Waals surface area contributed by atoms with Crippen molar-refractivity contribution >= 4 is 11.9 Å². The van der Waals surface area contributed by atoms with Crippen molar-refractivity contribution in [2.45, 2.75) is 51.5 Å². The SMILES string of the molecule is CCNC(=NCC(c1ccco1)N1CCCC1)NCCCCN1CCC(C(N)=O)CC1. The molecule has 1 unspecified atom stereocenters. The maximum atomic E-state index is 11.3. The molecule has 3 rings (SSSR count). The number of piperidine rings is 1. The van der Waals surface area contributed by atoms with Crippen molar-refractivity contribution in [1.82, 2.24) is 20.4 Å². The van der Waals surface area contributed by atoms with Gasteiger partial charge in [0, 0.05) is 19.0 Å². The molecule has 1 aromatic heterocycles. The fourth-order valence-electron chi connectivity index (χ4n) is 4.55. The van der Waals surface area contributed by atoms with Crippen molar-refractivity contribution in [3.05, 3.63) is 24.2 Å². The molecule has 0 radical (unpaired) electrons. The Hall–Kier alpha value is -2.06. The van der Waals surface area contributed by atoms with Crippen LogP contribution in [0.4, 0.5) is 0 Å². The summed E-state index contributed by atoms with van der Waals surface area (Å²) in [5.74, 6) is 1.81. The van der Waals surface area contributed by atoms with Crippen LogP contribution in [0.2, 0.25) is 0 Å². The molecule has 0 saturated carbocycles. The number of furan rings is 1. The minimum atomic E-state index is -0.141. The molecule has 0 aromatic carbocycles. The summed E-state index contributed by atoms with van der Waals surface area (Å²) in [6.45, 7) is 9.80. The van der Waals surface area contributed by atoms with E-state index in [1.165, 1.54) is 12.8 Å². The second kappa shape index (κ2) is 12.7. The summed E-state index contributed by atoms with van der Waals surface area (Å²) in [6, 6.07) is 4.23. The molecule has 0 spiro atoms. The molecule has 0 bridgehead atoms. The van der Waals surface area contributed by atoms with E-state index in [0.29, 0.717) is 6.54 Å². The second-order valence-corrected chi connectivity index (χ2v) is 8.65. The largest absolute Gasteiger partial charge is 0.468 e. The Morgan fingerprint density at radius 3 is 2.65 bits per heavy atom. The highest BCUT2D eigenvalue weighted by Gasteiger charge is 2.25.